The van der Waals surface area contributed by atoms with Crippen LogP contribution in [-0.4, -0.2) is 33.7 Å². The van der Waals surface area contributed by atoms with Gasteiger partial charge >= 0.3 is 0 Å². The van der Waals surface area contributed by atoms with E-state index in [-0.39, 0.29) is 33.8 Å². The number of ether oxygens (including phenoxy) is 1. The van der Waals surface area contributed by atoms with Crippen LogP contribution in [-0.2, 0) is 0 Å². The summed E-state index contributed by atoms with van der Waals surface area (Å²) in [5.41, 5.74) is 0.721. The summed E-state index contributed by atoms with van der Waals surface area (Å²) < 4.78 is 5.88. The van der Waals surface area contributed by atoms with Crippen LogP contribution in [0, 0.1) is 10.5 Å². The number of ketones is 2. The first kappa shape index (κ1) is 17.2. The average Bonchev–Trinajstić information content (AvgIpc) is 2.53. The number of benzene rings is 2. The third kappa shape index (κ3) is 2.59. The van der Waals surface area contributed by atoms with Crippen LogP contribution in [0.2, 0.25) is 0 Å². The molecule has 2 aromatic carbocycles. The van der Waals surface area contributed by atoms with Crippen LogP contribution in [0.3, 0.4) is 0 Å². The highest BCUT2D eigenvalue weighted by atomic mass is 127. The van der Waals surface area contributed by atoms with Gasteiger partial charge in [-0.15, -0.1) is 0 Å². The summed E-state index contributed by atoms with van der Waals surface area (Å²) in [5.74, 6) is -1.22. The quantitative estimate of drug-likeness (QED) is 0.422. The monoisotopic (exact) mass is 502 g/mol. The summed E-state index contributed by atoms with van der Waals surface area (Å²) in [6, 6.07) is 4.46. The van der Waals surface area contributed by atoms with Gasteiger partial charge in [-0.25, -0.2) is 0 Å². The number of phenols is 2. The highest BCUT2D eigenvalue weighted by molar-refractivity contribution is 14.1. The fourth-order valence-corrected chi connectivity index (χ4v) is 3.48. The smallest absolute Gasteiger partial charge is 0.202 e. The Morgan fingerprint density at radius 2 is 1.75 bits per heavy atom. The first-order valence-electron chi connectivity index (χ1n) is 7.04. The third-order valence-corrected chi connectivity index (χ3v) is 5.11. The maximum Gasteiger partial charge on any atom is 0.202 e. The van der Waals surface area contributed by atoms with Crippen molar-refractivity contribution in [3.05, 3.63) is 49.6 Å². The molecule has 24 heavy (non-hydrogen) atoms. The normalized spacial score (nSPS) is 12.8. The van der Waals surface area contributed by atoms with Crippen molar-refractivity contribution in [2.24, 2.45) is 0 Å². The number of rotatable bonds is 3. The van der Waals surface area contributed by atoms with Crippen LogP contribution in [0.25, 0.3) is 0 Å². The maximum absolute atomic E-state index is 12.8. The van der Waals surface area contributed by atoms with Gasteiger partial charge in [0.15, 0.2) is 5.78 Å². The zero-order chi connectivity index (χ0) is 17.6. The molecule has 0 aromatic heterocycles. The number of carbonyl (C=O) groups excluding carboxylic acids is 2. The summed E-state index contributed by atoms with van der Waals surface area (Å²) in [6.07, 6.45) is 0. The number of alkyl halides is 1. The van der Waals surface area contributed by atoms with Gasteiger partial charge in [0.1, 0.15) is 17.2 Å². The van der Waals surface area contributed by atoms with E-state index >= 15 is 0 Å². The lowest BCUT2D eigenvalue weighted by atomic mass is 9.82. The fraction of sp³-hybridized carbons (Fsp3) is 0.176. The standard InChI is InChI=1S/C17H12BrIO5/c1-7-4-8-12(10(20)5-7)16(22)13-9(15(8)21)6-11(24-3-2-18)14(19)17(13)23/h4-6,20,23H,2-3H2,1H3. The van der Waals surface area contributed by atoms with Crippen LogP contribution in [0.15, 0.2) is 18.2 Å². The van der Waals surface area contributed by atoms with Crippen molar-refractivity contribution >= 4 is 50.1 Å². The van der Waals surface area contributed by atoms with E-state index in [0.717, 1.165) is 0 Å². The number of aromatic hydroxyl groups is 2. The lowest BCUT2D eigenvalue weighted by molar-refractivity contribution is 0.0973. The Hall–Kier alpha value is -1.61. The number of carbonyl (C=O) groups is 2. The SMILES string of the molecule is Cc1cc(O)c2c(c1)C(=O)c1cc(OCCBr)c(I)c(O)c1C2=O. The summed E-state index contributed by atoms with van der Waals surface area (Å²) >= 11 is 5.11. The Kier molecular flexibility index (Phi) is 4.56. The minimum atomic E-state index is -0.570. The number of halogens is 2. The first-order chi connectivity index (χ1) is 11.4. The van der Waals surface area contributed by atoms with Gasteiger partial charge in [-0.1, -0.05) is 15.9 Å². The molecule has 3 rings (SSSR count). The minimum absolute atomic E-state index is 0.0710. The van der Waals surface area contributed by atoms with Gasteiger partial charge in [0, 0.05) is 16.5 Å². The molecule has 0 saturated carbocycles. The van der Waals surface area contributed by atoms with Crippen molar-refractivity contribution < 1.29 is 24.5 Å². The molecule has 0 heterocycles. The predicted molar refractivity (Wildman–Crippen MR) is 99.8 cm³/mol. The number of aryl methyl sites for hydroxylation is 1. The lowest BCUT2D eigenvalue weighted by Gasteiger charge is -2.21. The molecule has 2 N–H and O–H groups in total. The van der Waals surface area contributed by atoms with Crippen LogP contribution >= 0.6 is 38.5 Å². The van der Waals surface area contributed by atoms with Crippen molar-refractivity contribution in [3.63, 3.8) is 0 Å². The maximum atomic E-state index is 12.8. The highest BCUT2D eigenvalue weighted by Gasteiger charge is 2.36. The molecule has 7 heteroatoms. The molecule has 0 bridgehead atoms. The van der Waals surface area contributed by atoms with E-state index in [9.17, 15) is 19.8 Å². The largest absolute Gasteiger partial charge is 0.507 e. The second-order valence-corrected chi connectivity index (χ2v) is 7.23. The second-order valence-electron chi connectivity index (χ2n) is 5.36. The van der Waals surface area contributed by atoms with E-state index in [4.69, 9.17) is 4.74 Å². The average molecular weight is 503 g/mol. The molecule has 5 nitrogen and oxygen atoms in total. The first-order valence-corrected chi connectivity index (χ1v) is 9.24. The van der Waals surface area contributed by atoms with E-state index in [2.05, 4.69) is 15.9 Å². The van der Waals surface area contributed by atoms with Crippen molar-refractivity contribution in [2.45, 2.75) is 6.92 Å². The molecule has 1 aliphatic rings. The Morgan fingerprint density at radius 3 is 2.42 bits per heavy atom. The van der Waals surface area contributed by atoms with Crippen molar-refractivity contribution in [1.82, 2.24) is 0 Å². The van der Waals surface area contributed by atoms with Crippen molar-refractivity contribution in [3.8, 4) is 17.2 Å². The van der Waals surface area contributed by atoms with Crippen molar-refractivity contribution in [1.29, 1.82) is 0 Å². The number of phenolic OH excluding ortho intramolecular Hbond substituents is 2. The molecule has 0 radical (unpaired) electrons. The van der Waals surface area contributed by atoms with E-state index in [1.54, 1.807) is 13.0 Å². The Morgan fingerprint density at radius 1 is 1.08 bits per heavy atom. The van der Waals surface area contributed by atoms with E-state index in [1.807, 2.05) is 22.6 Å². The molecule has 0 saturated heterocycles. The molecule has 0 atom stereocenters. The van der Waals surface area contributed by atoms with Gasteiger partial charge in [-0.2, -0.15) is 0 Å². The Bertz CT molecular complexity index is 891. The van der Waals surface area contributed by atoms with Gasteiger partial charge in [0.05, 0.1) is 21.3 Å². The summed E-state index contributed by atoms with van der Waals surface area (Å²) in [6.45, 7) is 2.08. The van der Waals surface area contributed by atoms with Gasteiger partial charge in [0.2, 0.25) is 5.78 Å². The number of hydrogen-bond acceptors (Lipinski definition) is 5. The van der Waals surface area contributed by atoms with Gasteiger partial charge in [-0.05, 0) is 53.3 Å². The molecular weight excluding hydrogens is 491 g/mol. The van der Waals surface area contributed by atoms with Crippen LogP contribution in [0.4, 0.5) is 0 Å². The zero-order valence-electron chi connectivity index (χ0n) is 12.5. The molecule has 124 valence electrons. The third-order valence-electron chi connectivity index (χ3n) is 3.75. The molecular formula is C17H12BrIO5. The Labute approximate surface area is 159 Å². The van der Waals surface area contributed by atoms with E-state index < -0.39 is 11.6 Å². The number of hydrogen-bond donors (Lipinski definition) is 2. The highest BCUT2D eigenvalue weighted by Crippen LogP contribution is 2.42. The fourth-order valence-electron chi connectivity index (χ4n) is 2.74. The van der Waals surface area contributed by atoms with Crippen LogP contribution in [0.1, 0.15) is 37.4 Å². The van der Waals surface area contributed by atoms with Crippen molar-refractivity contribution in [2.75, 3.05) is 11.9 Å². The van der Waals surface area contributed by atoms with Gasteiger partial charge in [-0.3, -0.25) is 9.59 Å². The summed E-state index contributed by atoms with van der Waals surface area (Å²) in [5, 5.41) is 21.1. The van der Waals surface area contributed by atoms with Gasteiger partial charge in [0.25, 0.3) is 0 Å². The molecule has 0 unspecified atom stereocenters. The van der Waals surface area contributed by atoms with E-state index in [0.29, 0.717) is 26.8 Å². The van der Waals surface area contributed by atoms with Crippen LogP contribution in [0.5, 0.6) is 17.2 Å². The van der Waals surface area contributed by atoms with Gasteiger partial charge < -0.3 is 14.9 Å². The lowest BCUT2D eigenvalue weighted by Crippen LogP contribution is -2.22. The number of fused-ring (bicyclic) bond motifs is 2. The molecule has 0 spiro atoms. The summed E-state index contributed by atoms with van der Waals surface area (Å²) in [7, 11) is 0. The molecule has 0 aliphatic heterocycles. The molecule has 2 aromatic rings. The molecule has 1 aliphatic carbocycles. The minimum Gasteiger partial charge on any atom is -0.507 e. The van der Waals surface area contributed by atoms with E-state index in [1.165, 1.54) is 12.1 Å². The molecule has 0 fully saturated rings. The Balaban J connectivity index is 2.26. The zero-order valence-corrected chi connectivity index (χ0v) is 16.3. The predicted octanol–water partition coefficient (Wildman–Crippen LogP) is 3.56. The van der Waals surface area contributed by atoms with Crippen LogP contribution < -0.4 is 4.74 Å². The summed E-state index contributed by atoms with van der Waals surface area (Å²) in [4.78, 5) is 25.6. The molecule has 0 amide bonds. The topological polar surface area (TPSA) is 83.8 Å². The second kappa shape index (κ2) is 6.36.